The van der Waals surface area contributed by atoms with Crippen LogP contribution in [0, 0.1) is 23.5 Å². The Labute approximate surface area is 106 Å². The van der Waals surface area contributed by atoms with Gasteiger partial charge in [0.2, 0.25) is 0 Å². The third kappa shape index (κ3) is 2.04. The van der Waals surface area contributed by atoms with E-state index in [4.69, 9.17) is 0 Å². The van der Waals surface area contributed by atoms with E-state index in [0.717, 1.165) is 25.2 Å². The van der Waals surface area contributed by atoms with Crippen molar-refractivity contribution in [1.82, 2.24) is 10.2 Å². The van der Waals surface area contributed by atoms with Crippen molar-refractivity contribution < 1.29 is 8.78 Å². The lowest BCUT2D eigenvalue weighted by Gasteiger charge is -2.24. The van der Waals surface area contributed by atoms with Crippen LogP contribution in [0.1, 0.15) is 12.5 Å². The van der Waals surface area contributed by atoms with Gasteiger partial charge in [0.15, 0.2) is 11.6 Å². The van der Waals surface area contributed by atoms with Crippen LogP contribution in [0.15, 0.2) is 18.2 Å². The maximum atomic E-state index is 13.2. The van der Waals surface area contributed by atoms with Crippen molar-refractivity contribution in [1.29, 1.82) is 0 Å². The summed E-state index contributed by atoms with van der Waals surface area (Å²) in [5.41, 5.74) is 0.855. The second kappa shape index (κ2) is 4.59. The highest BCUT2D eigenvalue weighted by Crippen LogP contribution is 2.33. The van der Waals surface area contributed by atoms with Crippen LogP contribution in [-0.2, 0) is 6.54 Å². The van der Waals surface area contributed by atoms with Gasteiger partial charge in [0.1, 0.15) is 0 Å². The van der Waals surface area contributed by atoms with Crippen LogP contribution < -0.4 is 5.32 Å². The fraction of sp³-hybridized carbons (Fsp3) is 0.571. The summed E-state index contributed by atoms with van der Waals surface area (Å²) >= 11 is 0. The molecule has 0 bridgehead atoms. The Morgan fingerprint density at radius 1 is 1.28 bits per heavy atom. The van der Waals surface area contributed by atoms with Crippen molar-refractivity contribution in [3.63, 3.8) is 0 Å². The average Bonchev–Trinajstić information content (AvgIpc) is 2.89. The molecule has 0 radical (unpaired) electrons. The second-order valence-corrected chi connectivity index (χ2v) is 5.50. The number of hydrogen-bond donors (Lipinski definition) is 1. The first-order valence-electron chi connectivity index (χ1n) is 6.54. The molecule has 1 N–H and O–H groups in total. The van der Waals surface area contributed by atoms with Crippen molar-refractivity contribution >= 4 is 0 Å². The quantitative estimate of drug-likeness (QED) is 0.866. The van der Waals surface area contributed by atoms with E-state index in [1.165, 1.54) is 12.1 Å². The second-order valence-electron chi connectivity index (χ2n) is 5.50. The predicted octanol–water partition coefficient (Wildman–Crippen LogP) is 2.00. The molecule has 0 spiro atoms. The molecule has 3 unspecified atom stereocenters. The highest BCUT2D eigenvalue weighted by Gasteiger charge is 2.41. The molecule has 0 saturated carbocycles. The van der Waals surface area contributed by atoms with E-state index in [2.05, 4.69) is 17.1 Å². The van der Waals surface area contributed by atoms with E-state index >= 15 is 0 Å². The average molecular weight is 252 g/mol. The number of benzene rings is 1. The van der Waals surface area contributed by atoms with Gasteiger partial charge < -0.3 is 5.32 Å². The maximum Gasteiger partial charge on any atom is 0.159 e. The maximum absolute atomic E-state index is 13.2. The van der Waals surface area contributed by atoms with Crippen molar-refractivity contribution in [2.75, 3.05) is 19.6 Å². The minimum atomic E-state index is -0.769. The highest BCUT2D eigenvalue weighted by molar-refractivity contribution is 5.18. The lowest BCUT2D eigenvalue weighted by Crippen LogP contribution is -2.32. The van der Waals surface area contributed by atoms with Crippen LogP contribution in [0.2, 0.25) is 0 Å². The zero-order valence-electron chi connectivity index (χ0n) is 10.5. The van der Waals surface area contributed by atoms with Crippen molar-refractivity contribution in [2.24, 2.45) is 11.8 Å². The number of nitrogens with zero attached hydrogens (tertiary/aromatic N) is 1. The molecule has 98 valence electrons. The van der Waals surface area contributed by atoms with Gasteiger partial charge in [-0.3, -0.25) is 4.90 Å². The van der Waals surface area contributed by atoms with E-state index in [1.807, 2.05) is 0 Å². The van der Waals surface area contributed by atoms with Gasteiger partial charge in [-0.15, -0.1) is 0 Å². The number of nitrogens with one attached hydrogen (secondary N) is 1. The molecular formula is C14H18F2N2. The molecule has 0 aromatic heterocycles. The Morgan fingerprint density at radius 3 is 2.83 bits per heavy atom. The van der Waals surface area contributed by atoms with Gasteiger partial charge in [-0.2, -0.15) is 0 Å². The topological polar surface area (TPSA) is 15.3 Å². The molecule has 3 atom stereocenters. The summed E-state index contributed by atoms with van der Waals surface area (Å²) in [7, 11) is 0. The van der Waals surface area contributed by atoms with Crippen LogP contribution in [0.4, 0.5) is 8.78 Å². The summed E-state index contributed by atoms with van der Waals surface area (Å²) in [5.74, 6) is -0.101. The van der Waals surface area contributed by atoms with Crippen molar-refractivity contribution in [3.05, 3.63) is 35.4 Å². The number of likely N-dealkylation sites (tertiary alicyclic amines) is 1. The predicted molar refractivity (Wildman–Crippen MR) is 66.1 cm³/mol. The van der Waals surface area contributed by atoms with Gasteiger partial charge >= 0.3 is 0 Å². The number of rotatable bonds is 2. The van der Waals surface area contributed by atoms with Gasteiger partial charge in [0, 0.05) is 19.1 Å². The molecule has 2 nitrogen and oxygen atoms in total. The van der Waals surface area contributed by atoms with Crippen LogP contribution in [0.3, 0.4) is 0 Å². The Balaban J connectivity index is 1.71. The molecule has 3 rings (SSSR count). The van der Waals surface area contributed by atoms with E-state index in [0.29, 0.717) is 24.4 Å². The largest absolute Gasteiger partial charge is 0.316 e. The summed E-state index contributed by atoms with van der Waals surface area (Å²) in [6.07, 6.45) is 0. The van der Waals surface area contributed by atoms with E-state index in [9.17, 15) is 8.78 Å². The SMILES string of the molecule is CC1C2CNCC2CN1Cc1ccc(F)c(F)c1. The van der Waals surface area contributed by atoms with Gasteiger partial charge in [0.25, 0.3) is 0 Å². The fourth-order valence-electron chi connectivity index (χ4n) is 3.34. The lowest BCUT2D eigenvalue weighted by atomic mass is 9.95. The van der Waals surface area contributed by atoms with Gasteiger partial charge in [-0.05, 0) is 49.5 Å². The minimum Gasteiger partial charge on any atom is -0.316 e. The first kappa shape index (κ1) is 12.1. The number of fused-ring (bicyclic) bond motifs is 1. The van der Waals surface area contributed by atoms with Crippen LogP contribution in [-0.4, -0.2) is 30.6 Å². The molecule has 1 aromatic carbocycles. The Morgan fingerprint density at radius 2 is 2.11 bits per heavy atom. The monoisotopic (exact) mass is 252 g/mol. The number of halogens is 2. The molecule has 2 fully saturated rings. The summed E-state index contributed by atoms with van der Waals surface area (Å²) < 4.78 is 26.1. The molecular weight excluding hydrogens is 234 g/mol. The highest BCUT2D eigenvalue weighted by atomic mass is 19.2. The van der Waals surface area contributed by atoms with Crippen LogP contribution >= 0.6 is 0 Å². The molecule has 0 amide bonds. The molecule has 1 aromatic rings. The smallest absolute Gasteiger partial charge is 0.159 e. The van der Waals surface area contributed by atoms with Gasteiger partial charge in [-0.1, -0.05) is 6.07 Å². The van der Waals surface area contributed by atoms with Crippen LogP contribution in [0.25, 0.3) is 0 Å². The zero-order chi connectivity index (χ0) is 12.7. The van der Waals surface area contributed by atoms with Crippen molar-refractivity contribution in [2.45, 2.75) is 19.5 Å². The molecule has 0 aliphatic carbocycles. The first-order chi connectivity index (χ1) is 8.65. The molecule has 4 heteroatoms. The Bertz CT molecular complexity index is 449. The molecule has 2 aliphatic heterocycles. The summed E-state index contributed by atoms with van der Waals surface area (Å²) in [6, 6.07) is 4.72. The lowest BCUT2D eigenvalue weighted by molar-refractivity contribution is 0.231. The zero-order valence-corrected chi connectivity index (χ0v) is 10.5. The summed E-state index contributed by atoms with van der Waals surface area (Å²) in [4.78, 5) is 2.38. The van der Waals surface area contributed by atoms with Crippen LogP contribution in [0.5, 0.6) is 0 Å². The standard InChI is InChI=1S/C14H18F2N2/c1-9-12-6-17-5-11(12)8-18(9)7-10-2-3-13(15)14(16)4-10/h2-4,9,11-12,17H,5-8H2,1H3. The Hall–Kier alpha value is -1.00. The molecule has 18 heavy (non-hydrogen) atoms. The van der Waals surface area contributed by atoms with Gasteiger partial charge in [0.05, 0.1) is 0 Å². The first-order valence-corrected chi connectivity index (χ1v) is 6.54. The molecule has 2 saturated heterocycles. The third-order valence-electron chi connectivity index (χ3n) is 4.43. The minimum absolute atomic E-state index is 0.512. The van der Waals surface area contributed by atoms with Gasteiger partial charge in [-0.25, -0.2) is 8.78 Å². The fourth-order valence-corrected chi connectivity index (χ4v) is 3.34. The third-order valence-corrected chi connectivity index (χ3v) is 4.43. The Kier molecular flexibility index (Phi) is 3.08. The summed E-state index contributed by atoms with van der Waals surface area (Å²) in [5, 5.41) is 3.42. The normalized spacial score (nSPS) is 31.8. The molecule has 2 heterocycles. The van der Waals surface area contributed by atoms with E-state index < -0.39 is 11.6 Å². The van der Waals surface area contributed by atoms with E-state index in [1.54, 1.807) is 6.07 Å². The molecule has 2 aliphatic rings. The summed E-state index contributed by atoms with van der Waals surface area (Å²) in [6.45, 7) is 6.17. The van der Waals surface area contributed by atoms with Crippen molar-refractivity contribution in [3.8, 4) is 0 Å². The number of hydrogen-bond acceptors (Lipinski definition) is 2. The van der Waals surface area contributed by atoms with E-state index in [-0.39, 0.29) is 0 Å².